The van der Waals surface area contributed by atoms with Crippen molar-refractivity contribution in [1.29, 1.82) is 0 Å². The summed E-state index contributed by atoms with van der Waals surface area (Å²) in [5.41, 5.74) is 0.262. The Morgan fingerprint density at radius 1 is 1.43 bits per heavy atom. The van der Waals surface area contributed by atoms with Gasteiger partial charge in [0.1, 0.15) is 0 Å². The zero-order valence-electron chi connectivity index (χ0n) is 11.3. The summed E-state index contributed by atoms with van der Waals surface area (Å²) in [6.07, 6.45) is 2.68. The van der Waals surface area contributed by atoms with Gasteiger partial charge in [0.05, 0.1) is 11.0 Å². The van der Waals surface area contributed by atoms with E-state index >= 15 is 0 Å². The third-order valence-corrected chi connectivity index (χ3v) is 5.82. The van der Waals surface area contributed by atoms with E-state index in [-0.39, 0.29) is 28.5 Å². The van der Waals surface area contributed by atoms with E-state index < -0.39 is 9.05 Å². The van der Waals surface area contributed by atoms with E-state index in [1.807, 2.05) is 0 Å². The predicted molar refractivity (Wildman–Crippen MR) is 83.1 cm³/mol. The molecule has 5 nitrogen and oxygen atoms in total. The van der Waals surface area contributed by atoms with Crippen LogP contribution in [-0.4, -0.2) is 33.6 Å². The highest BCUT2D eigenvalue weighted by molar-refractivity contribution is 9.10. The average molecular weight is 397 g/mol. The molecule has 0 spiro atoms. The van der Waals surface area contributed by atoms with Crippen LogP contribution in [0.3, 0.4) is 0 Å². The van der Waals surface area contributed by atoms with Crippen LogP contribution in [0, 0.1) is 0 Å². The molecule has 1 aromatic rings. The van der Waals surface area contributed by atoms with Gasteiger partial charge in [-0.3, -0.25) is 4.79 Å². The molecule has 1 aliphatic rings. The van der Waals surface area contributed by atoms with Gasteiger partial charge in [-0.2, -0.15) is 0 Å². The van der Waals surface area contributed by atoms with E-state index in [2.05, 4.69) is 21.2 Å². The minimum atomic E-state index is -3.90. The van der Waals surface area contributed by atoms with Crippen molar-refractivity contribution in [2.24, 2.45) is 0 Å². The minimum Gasteiger partial charge on any atom is -0.381 e. The molecule has 1 fully saturated rings. The Labute approximate surface area is 136 Å². The van der Waals surface area contributed by atoms with Crippen molar-refractivity contribution in [3.8, 4) is 0 Å². The van der Waals surface area contributed by atoms with Gasteiger partial charge in [-0.1, -0.05) is 0 Å². The van der Waals surface area contributed by atoms with E-state index in [0.717, 1.165) is 19.3 Å². The van der Waals surface area contributed by atoms with Gasteiger partial charge >= 0.3 is 0 Å². The van der Waals surface area contributed by atoms with Crippen molar-refractivity contribution >= 4 is 41.6 Å². The van der Waals surface area contributed by atoms with Crippen LogP contribution in [-0.2, 0) is 13.8 Å². The number of amides is 1. The summed E-state index contributed by atoms with van der Waals surface area (Å²) >= 11 is 3.11. The third kappa shape index (κ3) is 4.18. The van der Waals surface area contributed by atoms with Gasteiger partial charge in [-0.05, 0) is 53.4 Å². The highest BCUT2D eigenvalue weighted by atomic mass is 79.9. The Bertz CT molecular complexity index is 650. The SMILES string of the molecule is COC1CCC(NC(=O)c2ccc(Br)c(S(=O)(=O)Cl)c2)C1. The number of hydrogen-bond acceptors (Lipinski definition) is 4. The number of rotatable bonds is 4. The largest absolute Gasteiger partial charge is 0.381 e. The molecule has 0 aliphatic heterocycles. The molecule has 2 unspecified atom stereocenters. The molecule has 116 valence electrons. The summed E-state index contributed by atoms with van der Waals surface area (Å²) in [6.45, 7) is 0. The Morgan fingerprint density at radius 2 is 2.14 bits per heavy atom. The van der Waals surface area contributed by atoms with E-state index in [1.165, 1.54) is 12.1 Å². The molecule has 0 saturated heterocycles. The van der Waals surface area contributed by atoms with E-state index in [0.29, 0.717) is 4.47 Å². The zero-order valence-corrected chi connectivity index (χ0v) is 14.5. The van der Waals surface area contributed by atoms with Crippen LogP contribution in [0.25, 0.3) is 0 Å². The third-order valence-electron chi connectivity index (χ3n) is 3.51. The molecule has 0 aromatic heterocycles. The topological polar surface area (TPSA) is 72.5 Å². The lowest BCUT2D eigenvalue weighted by molar-refractivity contribution is 0.0915. The number of carbonyl (C=O) groups is 1. The monoisotopic (exact) mass is 395 g/mol. The zero-order chi connectivity index (χ0) is 15.6. The molecule has 8 heteroatoms. The first-order valence-electron chi connectivity index (χ1n) is 6.39. The van der Waals surface area contributed by atoms with Gasteiger partial charge in [0.25, 0.3) is 15.0 Å². The molecular formula is C13H15BrClNO4S. The number of ether oxygens (including phenoxy) is 1. The predicted octanol–water partition coefficient (Wildman–Crippen LogP) is 2.67. The first-order valence-corrected chi connectivity index (χ1v) is 9.49. The quantitative estimate of drug-likeness (QED) is 0.794. The van der Waals surface area contributed by atoms with Gasteiger partial charge in [0.15, 0.2) is 0 Å². The number of benzene rings is 1. The Kier molecular flexibility index (Phi) is 5.29. The fourth-order valence-electron chi connectivity index (χ4n) is 2.39. The van der Waals surface area contributed by atoms with Crippen LogP contribution in [0.2, 0.25) is 0 Å². The van der Waals surface area contributed by atoms with Gasteiger partial charge in [-0.15, -0.1) is 0 Å². The minimum absolute atomic E-state index is 0.0437. The summed E-state index contributed by atoms with van der Waals surface area (Å²) in [4.78, 5) is 12.1. The molecule has 2 rings (SSSR count). The Balaban J connectivity index is 2.13. The lowest BCUT2D eigenvalue weighted by Gasteiger charge is -2.13. The maximum absolute atomic E-state index is 12.2. The fraction of sp³-hybridized carbons (Fsp3) is 0.462. The van der Waals surface area contributed by atoms with Crippen LogP contribution in [0.1, 0.15) is 29.6 Å². The number of methoxy groups -OCH3 is 1. The molecule has 21 heavy (non-hydrogen) atoms. The molecular weight excluding hydrogens is 382 g/mol. The van der Waals surface area contributed by atoms with Crippen molar-refractivity contribution < 1.29 is 17.9 Å². The molecule has 1 aliphatic carbocycles. The van der Waals surface area contributed by atoms with Crippen molar-refractivity contribution in [2.45, 2.75) is 36.3 Å². The van der Waals surface area contributed by atoms with Crippen LogP contribution < -0.4 is 5.32 Å². The van der Waals surface area contributed by atoms with Crippen LogP contribution in [0.5, 0.6) is 0 Å². The lowest BCUT2D eigenvalue weighted by atomic mass is 10.2. The lowest BCUT2D eigenvalue weighted by Crippen LogP contribution is -2.33. The van der Waals surface area contributed by atoms with Crippen molar-refractivity contribution in [1.82, 2.24) is 5.32 Å². The number of nitrogens with one attached hydrogen (secondary N) is 1. The second-order valence-corrected chi connectivity index (χ2v) is 8.31. The van der Waals surface area contributed by atoms with Gasteiger partial charge in [0.2, 0.25) is 0 Å². The molecule has 1 amide bonds. The van der Waals surface area contributed by atoms with Crippen molar-refractivity contribution in [2.75, 3.05) is 7.11 Å². The standard InChI is InChI=1S/C13H15BrClNO4S/c1-20-10-4-3-9(7-10)16-13(17)8-2-5-11(14)12(6-8)21(15,18)19/h2,5-6,9-10H,3-4,7H2,1H3,(H,16,17). The van der Waals surface area contributed by atoms with E-state index in [1.54, 1.807) is 13.2 Å². The number of halogens is 2. The van der Waals surface area contributed by atoms with E-state index in [9.17, 15) is 13.2 Å². The summed E-state index contributed by atoms with van der Waals surface area (Å²) in [6, 6.07) is 4.36. The highest BCUT2D eigenvalue weighted by Crippen LogP contribution is 2.27. The molecule has 0 heterocycles. The van der Waals surface area contributed by atoms with Gasteiger partial charge < -0.3 is 10.1 Å². The normalized spacial score (nSPS) is 22.2. The summed E-state index contributed by atoms with van der Waals surface area (Å²) < 4.78 is 28.5. The maximum Gasteiger partial charge on any atom is 0.262 e. The van der Waals surface area contributed by atoms with Gasteiger partial charge in [0, 0.05) is 33.9 Å². The molecule has 1 N–H and O–H groups in total. The summed E-state index contributed by atoms with van der Waals surface area (Å²) in [5, 5.41) is 2.89. The smallest absolute Gasteiger partial charge is 0.262 e. The number of hydrogen-bond donors (Lipinski definition) is 1. The van der Waals surface area contributed by atoms with Crippen LogP contribution in [0.15, 0.2) is 27.6 Å². The molecule has 0 radical (unpaired) electrons. The van der Waals surface area contributed by atoms with Crippen LogP contribution >= 0.6 is 26.6 Å². The maximum atomic E-state index is 12.2. The average Bonchev–Trinajstić information content (AvgIpc) is 2.85. The molecule has 2 atom stereocenters. The molecule has 1 aromatic carbocycles. The Morgan fingerprint density at radius 3 is 2.71 bits per heavy atom. The highest BCUT2D eigenvalue weighted by Gasteiger charge is 2.26. The second kappa shape index (κ2) is 6.64. The molecule has 1 saturated carbocycles. The summed E-state index contributed by atoms with van der Waals surface area (Å²) in [7, 11) is 3.09. The number of carbonyl (C=O) groups excluding carboxylic acids is 1. The Hall–Kier alpha value is -0.630. The first kappa shape index (κ1) is 16.7. The second-order valence-electron chi connectivity index (χ2n) is 4.92. The fourth-order valence-corrected chi connectivity index (χ4v) is 4.50. The van der Waals surface area contributed by atoms with Crippen molar-refractivity contribution in [3.05, 3.63) is 28.2 Å². The van der Waals surface area contributed by atoms with Crippen molar-refractivity contribution in [3.63, 3.8) is 0 Å². The van der Waals surface area contributed by atoms with Gasteiger partial charge in [-0.25, -0.2) is 8.42 Å². The van der Waals surface area contributed by atoms with Crippen LogP contribution in [0.4, 0.5) is 0 Å². The molecule has 0 bridgehead atoms. The summed E-state index contributed by atoms with van der Waals surface area (Å²) in [5.74, 6) is -0.314. The van der Waals surface area contributed by atoms with E-state index in [4.69, 9.17) is 15.4 Å². The first-order chi connectivity index (χ1) is 9.81.